The average Bonchev–Trinajstić information content (AvgIpc) is 2.95. The van der Waals surface area contributed by atoms with Gasteiger partial charge in [0, 0.05) is 19.3 Å². The molecule has 0 aliphatic carbocycles. The Morgan fingerprint density at radius 3 is 2.59 bits per heavy atom. The number of hydrogen-bond acceptors (Lipinski definition) is 3. The van der Waals surface area contributed by atoms with Gasteiger partial charge in [0.15, 0.2) is 0 Å². The quantitative estimate of drug-likeness (QED) is 0.880. The molecule has 2 saturated heterocycles. The Kier molecular flexibility index (Phi) is 4.48. The number of ether oxygens (including phenoxy) is 1. The second-order valence-electron chi connectivity index (χ2n) is 7.31. The standard InChI is InChI=1S/C21H23N3O3/c1-23-14-21(27-20(23)26)11-6-12-24(15-21)19(25)22-18-10-5-9-17(13-18)16-7-3-2-4-8-16/h2-5,7-10,13H,6,11-12,14-15H2,1H3,(H,22,25)/t21-/m0/s1. The lowest BCUT2D eigenvalue weighted by molar-refractivity contribution is 0.00497. The predicted molar refractivity (Wildman–Crippen MR) is 104 cm³/mol. The summed E-state index contributed by atoms with van der Waals surface area (Å²) >= 11 is 0. The van der Waals surface area contributed by atoms with Crippen LogP contribution in [0, 0.1) is 0 Å². The van der Waals surface area contributed by atoms with Crippen molar-refractivity contribution in [3.05, 3.63) is 54.6 Å². The van der Waals surface area contributed by atoms with Gasteiger partial charge in [-0.2, -0.15) is 0 Å². The number of piperidine rings is 1. The summed E-state index contributed by atoms with van der Waals surface area (Å²) in [6.45, 7) is 1.61. The van der Waals surface area contributed by atoms with Crippen molar-refractivity contribution in [3.63, 3.8) is 0 Å². The van der Waals surface area contributed by atoms with E-state index in [1.54, 1.807) is 16.8 Å². The largest absolute Gasteiger partial charge is 0.439 e. The van der Waals surface area contributed by atoms with Gasteiger partial charge in [0.1, 0.15) is 5.60 Å². The molecule has 27 heavy (non-hydrogen) atoms. The number of nitrogens with zero attached hydrogens (tertiary/aromatic N) is 2. The Balaban J connectivity index is 1.46. The number of likely N-dealkylation sites (N-methyl/N-ethyl adjacent to an activating group) is 1. The van der Waals surface area contributed by atoms with Gasteiger partial charge in [-0.3, -0.25) is 0 Å². The molecular formula is C21H23N3O3. The van der Waals surface area contributed by atoms with Crippen molar-refractivity contribution in [2.45, 2.75) is 18.4 Å². The van der Waals surface area contributed by atoms with Crippen molar-refractivity contribution < 1.29 is 14.3 Å². The van der Waals surface area contributed by atoms with Crippen LogP contribution in [0.15, 0.2) is 54.6 Å². The van der Waals surface area contributed by atoms with Crippen LogP contribution in [0.5, 0.6) is 0 Å². The molecule has 2 aliphatic rings. The summed E-state index contributed by atoms with van der Waals surface area (Å²) in [5.74, 6) is 0. The minimum Gasteiger partial charge on any atom is -0.439 e. The first-order chi connectivity index (χ1) is 13.0. The molecule has 3 amide bonds. The number of rotatable bonds is 2. The molecule has 140 valence electrons. The second-order valence-corrected chi connectivity index (χ2v) is 7.31. The van der Waals surface area contributed by atoms with Crippen molar-refractivity contribution in [2.75, 3.05) is 32.0 Å². The van der Waals surface area contributed by atoms with Crippen LogP contribution in [0.4, 0.5) is 15.3 Å². The van der Waals surface area contributed by atoms with Crippen molar-refractivity contribution in [1.29, 1.82) is 0 Å². The van der Waals surface area contributed by atoms with E-state index in [1.807, 2.05) is 54.6 Å². The van der Waals surface area contributed by atoms with E-state index in [-0.39, 0.29) is 12.1 Å². The van der Waals surface area contributed by atoms with E-state index in [2.05, 4.69) is 5.32 Å². The van der Waals surface area contributed by atoms with E-state index < -0.39 is 5.60 Å². The highest BCUT2D eigenvalue weighted by Gasteiger charge is 2.47. The number of nitrogens with one attached hydrogen (secondary N) is 1. The molecule has 0 saturated carbocycles. The summed E-state index contributed by atoms with van der Waals surface area (Å²) in [5, 5.41) is 2.98. The van der Waals surface area contributed by atoms with Crippen LogP contribution >= 0.6 is 0 Å². The number of carbonyl (C=O) groups is 2. The number of amides is 3. The van der Waals surface area contributed by atoms with Crippen LogP contribution < -0.4 is 5.32 Å². The smallest absolute Gasteiger partial charge is 0.410 e. The van der Waals surface area contributed by atoms with E-state index in [0.29, 0.717) is 19.6 Å². The van der Waals surface area contributed by atoms with Crippen molar-refractivity contribution in [1.82, 2.24) is 9.80 Å². The third kappa shape index (κ3) is 3.60. The molecule has 1 spiro atoms. The molecule has 2 aromatic rings. The van der Waals surface area contributed by atoms with Gasteiger partial charge < -0.3 is 19.9 Å². The number of anilines is 1. The number of carbonyl (C=O) groups excluding carboxylic acids is 2. The van der Waals surface area contributed by atoms with Gasteiger partial charge in [-0.15, -0.1) is 0 Å². The van der Waals surface area contributed by atoms with E-state index in [4.69, 9.17) is 4.74 Å². The molecule has 6 nitrogen and oxygen atoms in total. The van der Waals surface area contributed by atoms with Gasteiger partial charge in [0.2, 0.25) is 0 Å². The molecule has 0 unspecified atom stereocenters. The lowest BCUT2D eigenvalue weighted by Gasteiger charge is -2.38. The normalized spacial score (nSPS) is 22.0. The lowest BCUT2D eigenvalue weighted by atomic mass is 9.93. The zero-order valence-electron chi connectivity index (χ0n) is 15.4. The fraction of sp³-hybridized carbons (Fsp3) is 0.333. The molecule has 2 fully saturated rings. The Morgan fingerprint density at radius 2 is 1.85 bits per heavy atom. The summed E-state index contributed by atoms with van der Waals surface area (Å²) in [4.78, 5) is 27.9. The van der Waals surface area contributed by atoms with E-state index in [9.17, 15) is 9.59 Å². The summed E-state index contributed by atoms with van der Waals surface area (Å²) in [7, 11) is 1.73. The molecule has 4 rings (SSSR count). The molecule has 6 heteroatoms. The highest BCUT2D eigenvalue weighted by atomic mass is 16.6. The van der Waals surface area contributed by atoms with Crippen LogP contribution in [0.1, 0.15) is 12.8 Å². The Morgan fingerprint density at radius 1 is 1.07 bits per heavy atom. The molecule has 0 aromatic heterocycles. The van der Waals surface area contributed by atoms with Gasteiger partial charge >= 0.3 is 12.1 Å². The molecule has 1 atom stereocenters. The molecule has 0 bridgehead atoms. The third-order valence-corrected chi connectivity index (χ3v) is 5.19. The summed E-state index contributed by atoms with van der Waals surface area (Å²) in [6.07, 6.45) is 1.29. The first kappa shape index (κ1) is 17.4. The van der Waals surface area contributed by atoms with Crippen LogP contribution in [-0.2, 0) is 4.74 Å². The van der Waals surface area contributed by atoms with Crippen molar-refractivity contribution >= 4 is 17.8 Å². The van der Waals surface area contributed by atoms with Crippen LogP contribution in [-0.4, -0.2) is 54.2 Å². The second kappa shape index (κ2) is 6.95. The van der Waals surface area contributed by atoms with Crippen LogP contribution in [0.3, 0.4) is 0 Å². The Bertz CT molecular complexity index is 855. The van der Waals surface area contributed by atoms with Gasteiger partial charge in [-0.05, 0) is 36.1 Å². The maximum absolute atomic E-state index is 12.8. The maximum Gasteiger partial charge on any atom is 0.410 e. The van der Waals surface area contributed by atoms with E-state index in [0.717, 1.165) is 29.7 Å². The van der Waals surface area contributed by atoms with Gasteiger partial charge in [-0.25, -0.2) is 9.59 Å². The monoisotopic (exact) mass is 365 g/mol. The van der Waals surface area contributed by atoms with Gasteiger partial charge in [-0.1, -0.05) is 42.5 Å². The Hall–Kier alpha value is -3.02. The minimum atomic E-state index is -0.576. The predicted octanol–water partition coefficient (Wildman–Crippen LogP) is 3.80. The van der Waals surface area contributed by atoms with Crippen molar-refractivity contribution in [2.24, 2.45) is 0 Å². The van der Waals surface area contributed by atoms with Gasteiger partial charge in [0.25, 0.3) is 0 Å². The highest BCUT2D eigenvalue weighted by Crippen LogP contribution is 2.31. The number of hydrogen-bond donors (Lipinski definition) is 1. The van der Waals surface area contributed by atoms with E-state index >= 15 is 0 Å². The average molecular weight is 365 g/mol. The first-order valence-electron chi connectivity index (χ1n) is 9.20. The molecule has 2 aliphatic heterocycles. The number of urea groups is 1. The molecule has 2 heterocycles. The van der Waals surface area contributed by atoms with Crippen LogP contribution in [0.2, 0.25) is 0 Å². The topological polar surface area (TPSA) is 61.9 Å². The fourth-order valence-corrected chi connectivity index (χ4v) is 3.89. The summed E-state index contributed by atoms with van der Waals surface area (Å²) in [6, 6.07) is 17.7. The molecular weight excluding hydrogens is 342 g/mol. The zero-order chi connectivity index (χ0) is 18.9. The lowest BCUT2D eigenvalue weighted by Crippen LogP contribution is -2.53. The van der Waals surface area contributed by atoms with E-state index in [1.165, 1.54) is 0 Å². The molecule has 0 radical (unpaired) electrons. The van der Waals surface area contributed by atoms with Crippen molar-refractivity contribution in [3.8, 4) is 11.1 Å². The zero-order valence-corrected chi connectivity index (χ0v) is 15.4. The number of benzene rings is 2. The molecule has 1 N–H and O–H groups in total. The fourth-order valence-electron chi connectivity index (χ4n) is 3.89. The highest BCUT2D eigenvalue weighted by molar-refractivity contribution is 5.90. The molecule has 2 aromatic carbocycles. The van der Waals surface area contributed by atoms with Gasteiger partial charge in [0.05, 0.1) is 13.1 Å². The van der Waals surface area contributed by atoms with Crippen LogP contribution in [0.25, 0.3) is 11.1 Å². The first-order valence-corrected chi connectivity index (χ1v) is 9.20. The number of likely N-dealkylation sites (tertiary alicyclic amines) is 1. The SMILES string of the molecule is CN1C[C@]2(CCCN(C(=O)Nc3cccc(-c4ccccc4)c3)C2)OC1=O. The summed E-state index contributed by atoms with van der Waals surface area (Å²) < 4.78 is 5.57. The Labute approximate surface area is 158 Å². The third-order valence-electron chi connectivity index (χ3n) is 5.19. The minimum absolute atomic E-state index is 0.162. The summed E-state index contributed by atoms with van der Waals surface area (Å²) in [5.41, 5.74) is 2.33. The maximum atomic E-state index is 12.8.